The minimum atomic E-state index is -0.417. The van der Waals surface area contributed by atoms with E-state index in [4.69, 9.17) is 4.74 Å². The summed E-state index contributed by atoms with van der Waals surface area (Å²) in [6.45, 7) is 5.05. The molecule has 21 heavy (non-hydrogen) atoms. The molecule has 1 aromatic heterocycles. The molecule has 0 fully saturated rings. The predicted octanol–water partition coefficient (Wildman–Crippen LogP) is 2.61. The Balaban J connectivity index is 0.000000774. The first-order valence-electron chi connectivity index (χ1n) is 7.05. The van der Waals surface area contributed by atoms with Crippen molar-refractivity contribution in [3.05, 3.63) is 35.0 Å². The maximum Gasteiger partial charge on any atom is 0.338 e. The standard InChI is InChI=1S/C14H14N2O3.C2H6/c1-16-6-10-13(11(17)7-16)12-8(14(18)19-2)4-3-5-9(12)15-10;1-2/h3-5,15H,6-7H2,1-2H3;1-2H3. The highest BCUT2D eigenvalue weighted by atomic mass is 16.5. The van der Waals surface area contributed by atoms with E-state index in [9.17, 15) is 9.59 Å². The number of carbonyl (C=O) groups is 2. The van der Waals surface area contributed by atoms with Gasteiger partial charge in [0.05, 0.1) is 19.2 Å². The molecule has 5 heteroatoms. The number of carbonyl (C=O) groups excluding carboxylic acids is 2. The third kappa shape index (κ3) is 2.56. The van der Waals surface area contributed by atoms with Crippen LogP contribution in [0.25, 0.3) is 10.9 Å². The Morgan fingerprint density at radius 2 is 2.00 bits per heavy atom. The number of ether oxygens (including phenoxy) is 1. The molecular formula is C16H20N2O3. The van der Waals surface area contributed by atoms with Gasteiger partial charge in [0, 0.05) is 28.7 Å². The predicted molar refractivity (Wildman–Crippen MR) is 81.7 cm³/mol. The molecule has 0 aliphatic carbocycles. The number of fused-ring (bicyclic) bond motifs is 3. The van der Waals surface area contributed by atoms with Crippen molar-refractivity contribution < 1.29 is 14.3 Å². The second-order valence-electron chi connectivity index (χ2n) is 4.79. The summed E-state index contributed by atoms with van der Waals surface area (Å²) >= 11 is 0. The van der Waals surface area contributed by atoms with Crippen LogP contribution in [0.1, 0.15) is 40.3 Å². The van der Waals surface area contributed by atoms with Gasteiger partial charge in [-0.15, -0.1) is 0 Å². The van der Waals surface area contributed by atoms with Crippen molar-refractivity contribution in [1.29, 1.82) is 0 Å². The number of Topliss-reactive ketones (excluding diaryl/α,β-unsaturated/α-hetero) is 1. The highest BCUT2D eigenvalue weighted by Gasteiger charge is 2.27. The zero-order chi connectivity index (χ0) is 15.6. The highest BCUT2D eigenvalue weighted by Crippen LogP contribution is 2.30. The number of hydrogen-bond acceptors (Lipinski definition) is 4. The van der Waals surface area contributed by atoms with Crippen molar-refractivity contribution in [2.45, 2.75) is 20.4 Å². The van der Waals surface area contributed by atoms with Gasteiger partial charge in [0.25, 0.3) is 0 Å². The van der Waals surface area contributed by atoms with E-state index in [1.165, 1.54) is 7.11 Å². The second-order valence-corrected chi connectivity index (χ2v) is 4.79. The Kier molecular flexibility index (Phi) is 4.43. The number of benzene rings is 1. The van der Waals surface area contributed by atoms with Gasteiger partial charge in [-0.05, 0) is 19.2 Å². The number of methoxy groups -OCH3 is 1. The molecule has 0 saturated carbocycles. The van der Waals surface area contributed by atoms with Crippen molar-refractivity contribution in [1.82, 2.24) is 9.88 Å². The van der Waals surface area contributed by atoms with Crippen LogP contribution in [0.15, 0.2) is 18.2 Å². The van der Waals surface area contributed by atoms with Gasteiger partial charge < -0.3 is 9.72 Å². The Bertz CT molecular complexity index is 688. The molecule has 1 aromatic carbocycles. The van der Waals surface area contributed by atoms with Gasteiger partial charge in [0.2, 0.25) is 0 Å². The van der Waals surface area contributed by atoms with Gasteiger partial charge >= 0.3 is 5.97 Å². The Labute approximate surface area is 123 Å². The second kappa shape index (κ2) is 6.10. The van der Waals surface area contributed by atoms with Crippen LogP contribution in [0.5, 0.6) is 0 Å². The van der Waals surface area contributed by atoms with E-state index in [1.807, 2.05) is 31.9 Å². The Hall–Kier alpha value is -2.14. The Morgan fingerprint density at radius 1 is 1.29 bits per heavy atom. The highest BCUT2D eigenvalue weighted by molar-refractivity contribution is 6.16. The lowest BCUT2D eigenvalue weighted by Crippen LogP contribution is -2.31. The molecule has 112 valence electrons. The molecule has 1 N–H and O–H groups in total. The van der Waals surface area contributed by atoms with E-state index >= 15 is 0 Å². The molecule has 1 aliphatic heterocycles. The maximum absolute atomic E-state index is 12.2. The summed E-state index contributed by atoms with van der Waals surface area (Å²) in [4.78, 5) is 29.2. The fourth-order valence-corrected chi connectivity index (χ4v) is 2.66. The third-order valence-electron chi connectivity index (χ3n) is 3.43. The van der Waals surface area contributed by atoms with E-state index < -0.39 is 5.97 Å². The average molecular weight is 288 g/mol. The van der Waals surface area contributed by atoms with E-state index in [1.54, 1.807) is 12.1 Å². The van der Waals surface area contributed by atoms with Gasteiger partial charge in [0.1, 0.15) is 0 Å². The number of hydrogen-bond donors (Lipinski definition) is 1. The third-order valence-corrected chi connectivity index (χ3v) is 3.43. The summed E-state index contributed by atoms with van der Waals surface area (Å²) in [6, 6.07) is 5.34. The molecule has 2 heterocycles. The number of nitrogens with zero attached hydrogens (tertiary/aromatic N) is 1. The summed E-state index contributed by atoms with van der Waals surface area (Å²) in [5, 5.41) is 0.683. The summed E-state index contributed by atoms with van der Waals surface area (Å²) in [7, 11) is 3.24. The summed E-state index contributed by atoms with van der Waals surface area (Å²) in [5.41, 5.74) is 2.74. The number of likely N-dealkylation sites (N-methyl/N-ethyl adjacent to an activating group) is 1. The van der Waals surface area contributed by atoms with Gasteiger partial charge in [-0.1, -0.05) is 19.9 Å². The van der Waals surface area contributed by atoms with Crippen molar-refractivity contribution in [2.24, 2.45) is 0 Å². The fraction of sp³-hybridized carbons (Fsp3) is 0.375. The molecule has 0 atom stereocenters. The molecule has 3 rings (SSSR count). The molecule has 2 aromatic rings. The first-order valence-corrected chi connectivity index (χ1v) is 7.05. The number of H-pyrrole nitrogens is 1. The van der Waals surface area contributed by atoms with Crippen LogP contribution in [-0.4, -0.2) is 42.3 Å². The maximum atomic E-state index is 12.2. The van der Waals surface area contributed by atoms with Crippen molar-refractivity contribution in [3.63, 3.8) is 0 Å². The smallest absolute Gasteiger partial charge is 0.338 e. The van der Waals surface area contributed by atoms with Crippen LogP contribution in [0, 0.1) is 0 Å². The van der Waals surface area contributed by atoms with Crippen LogP contribution in [-0.2, 0) is 11.3 Å². The molecule has 1 aliphatic rings. The minimum absolute atomic E-state index is 0.0337. The van der Waals surface area contributed by atoms with Crippen LogP contribution in [0.4, 0.5) is 0 Å². The number of esters is 1. The lowest BCUT2D eigenvalue weighted by Gasteiger charge is -2.21. The lowest BCUT2D eigenvalue weighted by atomic mass is 9.99. The molecule has 0 bridgehead atoms. The summed E-state index contributed by atoms with van der Waals surface area (Å²) in [6.07, 6.45) is 0. The number of aromatic nitrogens is 1. The van der Waals surface area contributed by atoms with E-state index in [0.717, 1.165) is 11.2 Å². The van der Waals surface area contributed by atoms with E-state index in [0.29, 0.717) is 29.6 Å². The van der Waals surface area contributed by atoms with Crippen LogP contribution in [0.3, 0.4) is 0 Å². The van der Waals surface area contributed by atoms with Crippen molar-refractivity contribution in [2.75, 3.05) is 20.7 Å². The number of ketones is 1. The van der Waals surface area contributed by atoms with Gasteiger partial charge in [-0.3, -0.25) is 9.69 Å². The quantitative estimate of drug-likeness (QED) is 0.819. The van der Waals surface area contributed by atoms with Crippen LogP contribution >= 0.6 is 0 Å². The topological polar surface area (TPSA) is 62.4 Å². The molecule has 0 spiro atoms. The normalized spacial score (nSPS) is 14.4. The zero-order valence-electron chi connectivity index (χ0n) is 12.8. The number of nitrogens with one attached hydrogen (secondary N) is 1. The first-order chi connectivity index (χ1) is 10.1. The molecule has 0 saturated heterocycles. The molecule has 0 radical (unpaired) electrons. The minimum Gasteiger partial charge on any atom is -0.465 e. The van der Waals surface area contributed by atoms with Gasteiger partial charge in [-0.2, -0.15) is 0 Å². The molecule has 0 unspecified atom stereocenters. The number of aromatic amines is 1. The van der Waals surface area contributed by atoms with Crippen molar-refractivity contribution in [3.8, 4) is 0 Å². The first kappa shape index (κ1) is 15.3. The molecule has 0 amide bonds. The van der Waals surface area contributed by atoms with Crippen LogP contribution < -0.4 is 0 Å². The Morgan fingerprint density at radius 3 is 2.67 bits per heavy atom. The van der Waals surface area contributed by atoms with Crippen LogP contribution in [0.2, 0.25) is 0 Å². The van der Waals surface area contributed by atoms with Gasteiger partial charge in [0.15, 0.2) is 5.78 Å². The average Bonchev–Trinajstić information content (AvgIpc) is 2.86. The number of rotatable bonds is 1. The molecule has 5 nitrogen and oxygen atoms in total. The van der Waals surface area contributed by atoms with E-state index in [-0.39, 0.29) is 5.78 Å². The zero-order valence-corrected chi connectivity index (χ0v) is 12.8. The molecular weight excluding hydrogens is 268 g/mol. The van der Waals surface area contributed by atoms with E-state index in [2.05, 4.69) is 4.98 Å². The SMILES string of the molecule is CC.COC(=O)c1cccc2[nH]c3c(c12)C(=O)CN(C)C3. The summed E-state index contributed by atoms with van der Waals surface area (Å²) in [5.74, 6) is -0.384. The summed E-state index contributed by atoms with van der Waals surface area (Å²) < 4.78 is 4.79. The fourth-order valence-electron chi connectivity index (χ4n) is 2.66. The van der Waals surface area contributed by atoms with Crippen molar-refractivity contribution >= 4 is 22.7 Å². The largest absolute Gasteiger partial charge is 0.465 e. The monoisotopic (exact) mass is 288 g/mol. The lowest BCUT2D eigenvalue weighted by molar-refractivity contribution is 0.0603. The van der Waals surface area contributed by atoms with Gasteiger partial charge in [-0.25, -0.2) is 4.79 Å².